The summed E-state index contributed by atoms with van der Waals surface area (Å²) in [7, 11) is 0. The summed E-state index contributed by atoms with van der Waals surface area (Å²) < 4.78 is 44.0. The van der Waals surface area contributed by atoms with Crippen LogP contribution in [0.25, 0.3) is 15.9 Å². The third kappa shape index (κ3) is 4.40. The number of thioether (sulfide) groups is 1. The molecule has 0 fully saturated rings. The van der Waals surface area contributed by atoms with Gasteiger partial charge in [-0.2, -0.15) is 13.2 Å². The van der Waals surface area contributed by atoms with Gasteiger partial charge >= 0.3 is 11.0 Å². The number of para-hydroxylation sites is 1. The molecule has 0 saturated heterocycles. The molecule has 0 amide bonds. The smallest absolute Gasteiger partial charge is 0.291 e. The fourth-order valence-corrected chi connectivity index (χ4v) is 4.95. The highest BCUT2D eigenvalue weighted by molar-refractivity contribution is 7.99. The zero-order chi connectivity index (χ0) is 22.2. The molecule has 4 rings (SSSR count). The Hall–Kier alpha value is -2.59. The average molecular weight is 465 g/mol. The number of halogens is 3. The van der Waals surface area contributed by atoms with Gasteiger partial charge < -0.3 is 0 Å². The normalized spacial score (nSPS) is 13.1. The molecule has 10 heteroatoms. The lowest BCUT2D eigenvalue weighted by molar-refractivity contribution is -0.137. The first-order chi connectivity index (χ1) is 14.8. The Bertz CT molecular complexity index is 1280. The van der Waals surface area contributed by atoms with Crippen molar-refractivity contribution in [3.63, 3.8) is 0 Å². The van der Waals surface area contributed by atoms with E-state index in [1.807, 2.05) is 38.1 Å². The molecule has 2 heterocycles. The van der Waals surface area contributed by atoms with Gasteiger partial charge in [0.05, 0.1) is 28.0 Å². The van der Waals surface area contributed by atoms with E-state index < -0.39 is 11.7 Å². The molecule has 0 spiro atoms. The van der Waals surface area contributed by atoms with E-state index in [0.717, 1.165) is 40.1 Å². The van der Waals surface area contributed by atoms with Crippen LogP contribution in [-0.4, -0.2) is 24.6 Å². The summed E-state index contributed by atoms with van der Waals surface area (Å²) in [4.78, 5) is 12.4. The lowest BCUT2D eigenvalue weighted by Crippen LogP contribution is -2.17. The van der Waals surface area contributed by atoms with Crippen LogP contribution in [0.2, 0.25) is 0 Å². The second-order valence-electron chi connectivity index (χ2n) is 7.04. The minimum atomic E-state index is -4.46. The number of thiazole rings is 1. The highest BCUT2D eigenvalue weighted by Crippen LogP contribution is 2.33. The molecule has 5 nitrogen and oxygen atoms in total. The molecule has 162 valence electrons. The van der Waals surface area contributed by atoms with Crippen molar-refractivity contribution in [3.05, 3.63) is 69.6 Å². The first kappa shape index (κ1) is 21.6. The summed E-state index contributed by atoms with van der Waals surface area (Å²) in [5.41, 5.74) is 0.322. The van der Waals surface area contributed by atoms with Crippen LogP contribution in [0.4, 0.5) is 13.2 Å². The maximum absolute atomic E-state index is 13.3. The molecule has 2 aromatic carbocycles. The maximum atomic E-state index is 13.3. The van der Waals surface area contributed by atoms with Crippen molar-refractivity contribution in [3.8, 4) is 5.69 Å². The van der Waals surface area contributed by atoms with E-state index in [0.29, 0.717) is 16.7 Å². The SMILES string of the molecule is CC[C@@H](C)Sc1nnc(Cn2c(=O)sc3ccccc32)n1-c1cccc(C(F)(F)F)c1. The van der Waals surface area contributed by atoms with Crippen LogP contribution in [0.3, 0.4) is 0 Å². The fraction of sp³-hybridized carbons (Fsp3) is 0.286. The zero-order valence-electron chi connectivity index (χ0n) is 16.8. The zero-order valence-corrected chi connectivity index (χ0v) is 18.4. The first-order valence-electron chi connectivity index (χ1n) is 9.65. The van der Waals surface area contributed by atoms with Gasteiger partial charge in [0, 0.05) is 5.25 Å². The van der Waals surface area contributed by atoms with Crippen LogP contribution in [0.1, 0.15) is 31.7 Å². The Morgan fingerprint density at radius 3 is 2.65 bits per heavy atom. The minimum absolute atomic E-state index is 0.104. The van der Waals surface area contributed by atoms with Crippen molar-refractivity contribution in [1.82, 2.24) is 19.3 Å². The first-order valence-corrected chi connectivity index (χ1v) is 11.3. The number of rotatable bonds is 6. The summed E-state index contributed by atoms with van der Waals surface area (Å²) in [5.74, 6) is 0.399. The van der Waals surface area contributed by atoms with Gasteiger partial charge in [0.25, 0.3) is 0 Å². The predicted molar refractivity (Wildman–Crippen MR) is 117 cm³/mol. The summed E-state index contributed by atoms with van der Waals surface area (Å²) in [6.45, 7) is 4.15. The van der Waals surface area contributed by atoms with E-state index in [1.54, 1.807) is 15.2 Å². The standard InChI is InChI=1S/C21H19F3N4OS2/c1-3-13(2)30-19-26-25-18(12-27-16-9-4-5-10-17(16)31-20(27)29)28(19)15-8-6-7-14(11-15)21(22,23)24/h4-11,13H,3,12H2,1-2H3/t13-/m1/s1. The topological polar surface area (TPSA) is 52.7 Å². The maximum Gasteiger partial charge on any atom is 0.416 e. The quantitative estimate of drug-likeness (QED) is 0.349. The Kier molecular flexibility index (Phi) is 5.94. The molecular formula is C21H19F3N4OS2. The lowest BCUT2D eigenvalue weighted by Gasteiger charge is -2.15. The molecule has 0 bridgehead atoms. The molecule has 0 aliphatic heterocycles. The van der Waals surface area contributed by atoms with Crippen molar-refractivity contribution in [2.24, 2.45) is 0 Å². The Morgan fingerprint density at radius 1 is 1.13 bits per heavy atom. The van der Waals surface area contributed by atoms with E-state index in [2.05, 4.69) is 10.2 Å². The van der Waals surface area contributed by atoms with Gasteiger partial charge in [-0.3, -0.25) is 13.9 Å². The molecule has 31 heavy (non-hydrogen) atoms. The number of aromatic nitrogens is 4. The summed E-state index contributed by atoms with van der Waals surface area (Å²) in [6.07, 6.45) is -3.60. The summed E-state index contributed by atoms with van der Waals surface area (Å²) in [6, 6.07) is 12.5. The van der Waals surface area contributed by atoms with Crippen LogP contribution < -0.4 is 4.87 Å². The van der Waals surface area contributed by atoms with Crippen molar-refractivity contribution >= 4 is 33.3 Å². The highest BCUT2D eigenvalue weighted by atomic mass is 32.2. The van der Waals surface area contributed by atoms with Crippen LogP contribution in [-0.2, 0) is 12.7 Å². The van der Waals surface area contributed by atoms with Crippen molar-refractivity contribution in [2.45, 2.75) is 43.4 Å². The third-order valence-corrected chi connectivity index (χ3v) is 7.06. The van der Waals surface area contributed by atoms with Crippen LogP contribution in [0, 0.1) is 0 Å². The fourth-order valence-electron chi connectivity index (χ4n) is 3.13. The number of benzene rings is 2. The molecule has 0 saturated carbocycles. The lowest BCUT2D eigenvalue weighted by atomic mass is 10.2. The minimum Gasteiger partial charge on any atom is -0.291 e. The summed E-state index contributed by atoms with van der Waals surface area (Å²) >= 11 is 2.57. The number of fused-ring (bicyclic) bond motifs is 1. The molecule has 4 aromatic rings. The number of nitrogens with zero attached hydrogens (tertiary/aromatic N) is 4. The van der Waals surface area contributed by atoms with Gasteiger partial charge in [-0.05, 0) is 36.8 Å². The molecule has 0 unspecified atom stereocenters. The van der Waals surface area contributed by atoms with Gasteiger partial charge in [0.1, 0.15) is 0 Å². The molecule has 0 aliphatic carbocycles. The Balaban J connectivity index is 1.84. The largest absolute Gasteiger partial charge is 0.416 e. The van der Waals surface area contributed by atoms with Crippen molar-refractivity contribution in [2.75, 3.05) is 0 Å². The third-order valence-electron chi connectivity index (χ3n) is 4.89. The van der Waals surface area contributed by atoms with E-state index in [4.69, 9.17) is 0 Å². The van der Waals surface area contributed by atoms with Crippen LogP contribution in [0.5, 0.6) is 0 Å². The molecule has 0 N–H and O–H groups in total. The molecule has 0 radical (unpaired) electrons. The van der Waals surface area contributed by atoms with E-state index in [1.165, 1.54) is 17.8 Å². The molecule has 0 aliphatic rings. The molecule has 1 atom stereocenters. The second-order valence-corrected chi connectivity index (χ2v) is 9.44. The van der Waals surface area contributed by atoms with Gasteiger partial charge in [-0.15, -0.1) is 10.2 Å². The van der Waals surface area contributed by atoms with Crippen molar-refractivity contribution in [1.29, 1.82) is 0 Å². The number of hydrogen-bond donors (Lipinski definition) is 0. The second kappa shape index (κ2) is 8.51. The molecule has 2 aromatic heterocycles. The number of alkyl halides is 3. The Labute approximate surface area is 184 Å². The van der Waals surface area contributed by atoms with Gasteiger partial charge in [0.15, 0.2) is 11.0 Å². The van der Waals surface area contributed by atoms with Crippen LogP contribution in [0.15, 0.2) is 58.5 Å². The van der Waals surface area contributed by atoms with Gasteiger partial charge in [-0.1, -0.05) is 55.1 Å². The Morgan fingerprint density at radius 2 is 1.90 bits per heavy atom. The summed E-state index contributed by atoms with van der Waals surface area (Å²) in [5, 5.41) is 9.19. The highest BCUT2D eigenvalue weighted by Gasteiger charge is 2.31. The van der Waals surface area contributed by atoms with Gasteiger partial charge in [-0.25, -0.2) is 0 Å². The van der Waals surface area contributed by atoms with Crippen molar-refractivity contribution < 1.29 is 13.2 Å². The molecular weight excluding hydrogens is 445 g/mol. The van der Waals surface area contributed by atoms with E-state index in [9.17, 15) is 18.0 Å². The van der Waals surface area contributed by atoms with E-state index in [-0.39, 0.29) is 16.7 Å². The predicted octanol–water partition coefficient (Wildman–Crippen LogP) is 5.60. The van der Waals surface area contributed by atoms with Crippen LogP contribution >= 0.6 is 23.1 Å². The average Bonchev–Trinajstić information content (AvgIpc) is 3.28. The number of hydrogen-bond acceptors (Lipinski definition) is 5. The monoisotopic (exact) mass is 464 g/mol. The van der Waals surface area contributed by atoms with Gasteiger partial charge in [0.2, 0.25) is 0 Å². The van der Waals surface area contributed by atoms with E-state index >= 15 is 0 Å².